The standard InChI is InChI=1S/C6H4Br2O2S.C2H6/c1-10-6(9)4-2-3(7)5(8)11-4;1-2/h2H,1H3;1-2H3. The Balaban J connectivity index is 0.000000671. The van der Waals surface area contributed by atoms with Gasteiger partial charge < -0.3 is 4.74 Å². The van der Waals surface area contributed by atoms with E-state index in [4.69, 9.17) is 0 Å². The van der Waals surface area contributed by atoms with E-state index >= 15 is 0 Å². The van der Waals surface area contributed by atoms with Crippen LogP contribution in [0, 0.1) is 0 Å². The van der Waals surface area contributed by atoms with Crippen molar-refractivity contribution < 1.29 is 9.53 Å². The fourth-order valence-electron chi connectivity index (χ4n) is 0.548. The lowest BCUT2D eigenvalue weighted by atomic mass is 10.5. The first kappa shape index (κ1) is 13.1. The second-order valence-electron chi connectivity index (χ2n) is 1.72. The van der Waals surface area contributed by atoms with E-state index in [9.17, 15) is 4.79 Å². The van der Waals surface area contributed by atoms with Gasteiger partial charge >= 0.3 is 5.97 Å². The summed E-state index contributed by atoms with van der Waals surface area (Å²) in [6.07, 6.45) is 0. The van der Waals surface area contributed by atoms with Gasteiger partial charge in [-0.05, 0) is 37.9 Å². The lowest BCUT2D eigenvalue weighted by Gasteiger charge is -1.90. The Morgan fingerprint density at radius 3 is 2.31 bits per heavy atom. The number of ether oxygens (including phenoxy) is 1. The third kappa shape index (κ3) is 3.79. The summed E-state index contributed by atoms with van der Waals surface area (Å²) in [5, 5.41) is 0. The van der Waals surface area contributed by atoms with E-state index in [2.05, 4.69) is 36.6 Å². The van der Waals surface area contributed by atoms with Gasteiger partial charge in [-0.1, -0.05) is 13.8 Å². The minimum atomic E-state index is -0.304. The lowest BCUT2D eigenvalue weighted by Crippen LogP contribution is -1.96. The number of hydrogen-bond acceptors (Lipinski definition) is 3. The van der Waals surface area contributed by atoms with E-state index in [0.29, 0.717) is 4.88 Å². The molecule has 0 spiro atoms. The first-order valence-electron chi connectivity index (χ1n) is 3.68. The molecule has 0 radical (unpaired) electrons. The molecule has 2 nitrogen and oxygen atoms in total. The van der Waals surface area contributed by atoms with Crippen molar-refractivity contribution in [2.45, 2.75) is 13.8 Å². The van der Waals surface area contributed by atoms with Crippen LogP contribution in [0.3, 0.4) is 0 Å². The number of hydrogen-bond donors (Lipinski definition) is 0. The molecule has 1 aromatic rings. The highest BCUT2D eigenvalue weighted by Gasteiger charge is 2.11. The molecule has 1 rings (SSSR count). The Bertz CT molecular complexity index is 264. The minimum absolute atomic E-state index is 0.304. The van der Waals surface area contributed by atoms with Gasteiger partial charge in [-0.15, -0.1) is 11.3 Å². The van der Waals surface area contributed by atoms with Crippen LogP contribution in [-0.4, -0.2) is 13.1 Å². The number of thiophene rings is 1. The summed E-state index contributed by atoms with van der Waals surface area (Å²) in [7, 11) is 1.36. The molecule has 0 aliphatic heterocycles. The van der Waals surface area contributed by atoms with Gasteiger partial charge in [-0.3, -0.25) is 0 Å². The lowest BCUT2D eigenvalue weighted by molar-refractivity contribution is 0.0606. The van der Waals surface area contributed by atoms with Gasteiger partial charge in [0.2, 0.25) is 0 Å². The van der Waals surface area contributed by atoms with Crippen LogP contribution in [0.4, 0.5) is 0 Å². The Morgan fingerprint density at radius 2 is 2.00 bits per heavy atom. The van der Waals surface area contributed by atoms with Crippen molar-refractivity contribution in [1.29, 1.82) is 0 Å². The molecule has 1 heterocycles. The molecule has 0 saturated heterocycles. The predicted molar refractivity (Wildman–Crippen MR) is 62.4 cm³/mol. The monoisotopic (exact) mass is 328 g/mol. The summed E-state index contributed by atoms with van der Waals surface area (Å²) in [5.41, 5.74) is 0. The first-order valence-corrected chi connectivity index (χ1v) is 6.08. The number of esters is 1. The maximum absolute atomic E-state index is 10.9. The average molecular weight is 330 g/mol. The van der Waals surface area contributed by atoms with Crippen LogP contribution in [0.25, 0.3) is 0 Å². The molecule has 0 N–H and O–H groups in total. The normalized spacial score (nSPS) is 8.69. The van der Waals surface area contributed by atoms with Gasteiger partial charge in [-0.2, -0.15) is 0 Å². The maximum Gasteiger partial charge on any atom is 0.348 e. The van der Waals surface area contributed by atoms with Gasteiger partial charge in [0.15, 0.2) is 0 Å². The highest BCUT2D eigenvalue weighted by atomic mass is 79.9. The molecule has 0 fully saturated rings. The van der Waals surface area contributed by atoms with Gasteiger partial charge in [0, 0.05) is 4.47 Å². The van der Waals surface area contributed by atoms with Crippen LogP contribution in [0.2, 0.25) is 0 Å². The Labute approximate surface area is 98.5 Å². The molecule has 0 atom stereocenters. The highest BCUT2D eigenvalue weighted by molar-refractivity contribution is 9.13. The molecule has 0 bridgehead atoms. The minimum Gasteiger partial charge on any atom is -0.465 e. The predicted octanol–water partition coefficient (Wildman–Crippen LogP) is 4.09. The molecule has 13 heavy (non-hydrogen) atoms. The molecule has 0 aromatic carbocycles. The molecule has 0 unspecified atom stereocenters. The molecule has 0 aliphatic rings. The number of carbonyl (C=O) groups excluding carboxylic acids is 1. The molecule has 0 saturated carbocycles. The summed E-state index contributed by atoms with van der Waals surface area (Å²) in [6, 6.07) is 1.72. The molecular formula is C8H10Br2O2S. The van der Waals surface area contributed by atoms with E-state index in [1.54, 1.807) is 6.07 Å². The van der Waals surface area contributed by atoms with E-state index in [1.165, 1.54) is 18.4 Å². The van der Waals surface area contributed by atoms with Crippen molar-refractivity contribution in [3.63, 3.8) is 0 Å². The fourth-order valence-corrected chi connectivity index (χ4v) is 2.50. The van der Waals surface area contributed by atoms with Crippen LogP contribution < -0.4 is 0 Å². The second kappa shape index (κ2) is 6.56. The fraction of sp³-hybridized carbons (Fsp3) is 0.375. The first-order chi connectivity index (χ1) is 6.15. The van der Waals surface area contributed by atoms with Crippen molar-refractivity contribution >= 4 is 49.2 Å². The quantitative estimate of drug-likeness (QED) is 0.725. The third-order valence-electron chi connectivity index (χ3n) is 1.03. The van der Waals surface area contributed by atoms with Crippen LogP contribution in [0.15, 0.2) is 14.3 Å². The zero-order valence-corrected chi connectivity index (χ0v) is 11.5. The van der Waals surface area contributed by atoms with Gasteiger partial charge in [0.05, 0.1) is 10.9 Å². The zero-order chi connectivity index (χ0) is 10.4. The number of carbonyl (C=O) groups is 1. The smallest absolute Gasteiger partial charge is 0.348 e. The van der Waals surface area contributed by atoms with E-state index in [0.717, 1.165) is 8.26 Å². The van der Waals surface area contributed by atoms with Crippen molar-refractivity contribution in [3.05, 3.63) is 19.2 Å². The van der Waals surface area contributed by atoms with Crippen LogP contribution in [0.1, 0.15) is 23.5 Å². The largest absolute Gasteiger partial charge is 0.465 e. The number of halogens is 2. The number of methoxy groups -OCH3 is 1. The van der Waals surface area contributed by atoms with E-state index < -0.39 is 0 Å². The summed E-state index contributed by atoms with van der Waals surface area (Å²) in [6.45, 7) is 4.00. The highest BCUT2D eigenvalue weighted by Crippen LogP contribution is 2.32. The molecule has 5 heteroatoms. The van der Waals surface area contributed by atoms with Crippen molar-refractivity contribution in [2.75, 3.05) is 7.11 Å². The zero-order valence-electron chi connectivity index (χ0n) is 7.56. The van der Waals surface area contributed by atoms with Crippen molar-refractivity contribution in [2.24, 2.45) is 0 Å². The van der Waals surface area contributed by atoms with Crippen LogP contribution in [0.5, 0.6) is 0 Å². The topological polar surface area (TPSA) is 26.3 Å². The molecule has 74 valence electrons. The van der Waals surface area contributed by atoms with Crippen molar-refractivity contribution in [1.82, 2.24) is 0 Å². The Hall–Kier alpha value is 0.130. The van der Waals surface area contributed by atoms with E-state index in [1.807, 2.05) is 13.8 Å². The molecule has 0 amide bonds. The summed E-state index contributed by atoms with van der Waals surface area (Å²) in [5.74, 6) is -0.304. The van der Waals surface area contributed by atoms with Crippen LogP contribution in [-0.2, 0) is 4.74 Å². The SMILES string of the molecule is CC.COC(=O)c1cc(Br)c(Br)s1. The summed E-state index contributed by atoms with van der Waals surface area (Å²) < 4.78 is 6.31. The van der Waals surface area contributed by atoms with E-state index in [-0.39, 0.29) is 5.97 Å². The second-order valence-corrected chi connectivity index (χ2v) is 4.95. The average Bonchev–Trinajstić information content (AvgIpc) is 2.49. The Kier molecular flexibility index (Phi) is 6.63. The van der Waals surface area contributed by atoms with Crippen molar-refractivity contribution in [3.8, 4) is 0 Å². The van der Waals surface area contributed by atoms with Crippen LogP contribution >= 0.6 is 43.2 Å². The van der Waals surface area contributed by atoms with Gasteiger partial charge in [0.25, 0.3) is 0 Å². The maximum atomic E-state index is 10.9. The Morgan fingerprint density at radius 1 is 1.46 bits per heavy atom. The number of rotatable bonds is 1. The summed E-state index contributed by atoms with van der Waals surface area (Å²) >= 11 is 7.89. The summed E-state index contributed by atoms with van der Waals surface area (Å²) in [4.78, 5) is 11.5. The molecule has 0 aliphatic carbocycles. The molecule has 1 aromatic heterocycles. The third-order valence-corrected chi connectivity index (χ3v) is 4.27. The van der Waals surface area contributed by atoms with Gasteiger partial charge in [0.1, 0.15) is 4.88 Å². The molecular weight excluding hydrogens is 320 g/mol. The van der Waals surface area contributed by atoms with Gasteiger partial charge in [-0.25, -0.2) is 4.79 Å².